The van der Waals surface area contributed by atoms with Crippen molar-refractivity contribution in [1.82, 2.24) is 14.9 Å². The molecule has 0 bridgehead atoms. The molecule has 5 rings (SSSR count). The maximum atomic E-state index is 15.8. The topological polar surface area (TPSA) is 66.9 Å². The van der Waals surface area contributed by atoms with Crippen molar-refractivity contribution >= 4 is 16.8 Å². The van der Waals surface area contributed by atoms with E-state index in [1.54, 1.807) is 18.2 Å². The highest BCUT2D eigenvalue weighted by Gasteiger charge is 2.21. The van der Waals surface area contributed by atoms with Gasteiger partial charge < -0.3 is 14.9 Å². The number of fused-ring (bicyclic) bond motifs is 1. The number of aromatic amines is 1. The fourth-order valence-electron chi connectivity index (χ4n) is 5.69. The third kappa shape index (κ3) is 5.47. The van der Waals surface area contributed by atoms with Crippen molar-refractivity contribution in [2.24, 2.45) is 0 Å². The molecule has 0 fully saturated rings. The second-order valence-electron chi connectivity index (χ2n) is 11.0. The van der Waals surface area contributed by atoms with Crippen molar-refractivity contribution in [2.45, 2.75) is 60.0 Å². The summed E-state index contributed by atoms with van der Waals surface area (Å²) in [6.45, 7) is 10.1. The van der Waals surface area contributed by atoms with E-state index in [4.69, 9.17) is 0 Å². The third-order valence-corrected chi connectivity index (χ3v) is 7.73. The number of nitrogens with one attached hydrogen (secondary N) is 2. The molecule has 5 aromatic rings. The third-order valence-electron chi connectivity index (χ3n) is 7.73. The number of hydrogen-bond acceptors (Lipinski definition) is 2. The molecule has 6 heteroatoms. The molecule has 2 aromatic heterocycles. The van der Waals surface area contributed by atoms with Crippen LogP contribution in [0.15, 0.2) is 77.7 Å². The van der Waals surface area contributed by atoms with Gasteiger partial charge in [-0.1, -0.05) is 55.8 Å². The van der Waals surface area contributed by atoms with Crippen LogP contribution >= 0.6 is 0 Å². The number of benzene rings is 3. The number of aromatic nitrogens is 2. The number of rotatable bonds is 8. The normalized spacial score (nSPS) is 11.4. The summed E-state index contributed by atoms with van der Waals surface area (Å²) in [4.78, 5) is 29.3. The Morgan fingerprint density at radius 2 is 1.73 bits per heavy atom. The van der Waals surface area contributed by atoms with Gasteiger partial charge in [0.2, 0.25) is 0 Å². The Hall–Kier alpha value is -4.45. The first-order valence-electron chi connectivity index (χ1n) is 14.2. The molecule has 0 radical (unpaired) electrons. The molecule has 0 saturated heterocycles. The first-order chi connectivity index (χ1) is 19.7. The number of pyridine rings is 1. The van der Waals surface area contributed by atoms with Gasteiger partial charge in [0.05, 0.1) is 5.52 Å². The fourth-order valence-corrected chi connectivity index (χ4v) is 5.69. The summed E-state index contributed by atoms with van der Waals surface area (Å²) >= 11 is 0. The second kappa shape index (κ2) is 11.6. The molecule has 2 N–H and O–H groups in total. The van der Waals surface area contributed by atoms with Gasteiger partial charge in [-0.15, -0.1) is 0 Å². The van der Waals surface area contributed by atoms with E-state index < -0.39 is 0 Å². The molecule has 0 aliphatic rings. The lowest BCUT2D eigenvalue weighted by atomic mass is 9.93. The second-order valence-corrected chi connectivity index (χ2v) is 11.0. The van der Waals surface area contributed by atoms with Gasteiger partial charge in [-0.25, -0.2) is 4.39 Å². The van der Waals surface area contributed by atoms with Crippen LogP contribution < -0.4 is 10.9 Å². The Balaban J connectivity index is 1.59. The number of nitrogens with zero attached hydrogens (tertiary/aromatic N) is 1. The van der Waals surface area contributed by atoms with E-state index in [1.165, 1.54) is 0 Å². The zero-order valence-corrected chi connectivity index (χ0v) is 24.3. The highest BCUT2D eigenvalue weighted by Crippen LogP contribution is 2.37. The maximum Gasteiger partial charge on any atom is 0.253 e. The van der Waals surface area contributed by atoms with Gasteiger partial charge in [-0.3, -0.25) is 9.59 Å². The summed E-state index contributed by atoms with van der Waals surface area (Å²) in [7, 11) is 0. The average molecular weight is 550 g/mol. The first-order valence-corrected chi connectivity index (χ1v) is 14.2. The first kappa shape index (κ1) is 28.1. The summed E-state index contributed by atoms with van der Waals surface area (Å²) in [5.74, 6) is -0.651. The molecule has 0 saturated carbocycles. The molecule has 41 heavy (non-hydrogen) atoms. The van der Waals surface area contributed by atoms with Crippen LogP contribution in [-0.2, 0) is 13.0 Å². The van der Waals surface area contributed by atoms with E-state index in [9.17, 15) is 9.59 Å². The predicted molar refractivity (Wildman–Crippen MR) is 165 cm³/mol. The lowest BCUT2D eigenvalue weighted by Crippen LogP contribution is -2.29. The SMILES string of the molecule is CCCc1cc(C)[nH]c(=O)c1CNC(=O)c1cc(-c2ccc(-c3ccccc3)cc2F)c2ccn(C(C)C)c2c1C. The monoisotopic (exact) mass is 549 g/mol. The Morgan fingerprint density at radius 1 is 0.976 bits per heavy atom. The Morgan fingerprint density at radius 3 is 2.41 bits per heavy atom. The van der Waals surface area contributed by atoms with E-state index in [2.05, 4.69) is 35.6 Å². The number of aryl methyl sites for hydroxylation is 3. The lowest BCUT2D eigenvalue weighted by Gasteiger charge is -2.18. The van der Waals surface area contributed by atoms with E-state index in [0.29, 0.717) is 22.3 Å². The van der Waals surface area contributed by atoms with Crippen molar-refractivity contribution in [2.75, 3.05) is 0 Å². The molecule has 5 nitrogen and oxygen atoms in total. The van der Waals surface area contributed by atoms with Crippen molar-refractivity contribution < 1.29 is 9.18 Å². The maximum absolute atomic E-state index is 15.8. The Kier molecular flexibility index (Phi) is 7.93. The lowest BCUT2D eigenvalue weighted by molar-refractivity contribution is 0.0950. The molecule has 0 aliphatic carbocycles. The molecule has 3 aromatic carbocycles. The minimum atomic E-state index is -0.351. The van der Waals surface area contributed by atoms with Gasteiger partial charge in [-0.2, -0.15) is 0 Å². The number of H-pyrrole nitrogens is 1. The van der Waals surface area contributed by atoms with Crippen LogP contribution in [0.5, 0.6) is 0 Å². The zero-order valence-electron chi connectivity index (χ0n) is 24.3. The summed E-state index contributed by atoms with van der Waals surface area (Å²) in [6, 6.07) is 20.8. The van der Waals surface area contributed by atoms with Crippen LogP contribution in [0.3, 0.4) is 0 Å². The van der Waals surface area contributed by atoms with Crippen LogP contribution in [0.2, 0.25) is 0 Å². The molecule has 0 aliphatic heterocycles. The predicted octanol–water partition coefficient (Wildman–Crippen LogP) is 7.88. The van der Waals surface area contributed by atoms with Gasteiger partial charge in [0.15, 0.2) is 0 Å². The van der Waals surface area contributed by atoms with Crippen LogP contribution in [0.25, 0.3) is 33.2 Å². The van der Waals surface area contributed by atoms with Crippen LogP contribution in [0.1, 0.15) is 66.0 Å². The van der Waals surface area contributed by atoms with E-state index in [1.807, 2.05) is 68.6 Å². The van der Waals surface area contributed by atoms with E-state index >= 15 is 4.39 Å². The van der Waals surface area contributed by atoms with Gasteiger partial charge in [0.25, 0.3) is 11.5 Å². The van der Waals surface area contributed by atoms with Crippen molar-refractivity contribution in [1.29, 1.82) is 0 Å². The fraction of sp³-hybridized carbons (Fsp3) is 0.257. The van der Waals surface area contributed by atoms with Crippen LogP contribution in [-0.4, -0.2) is 15.5 Å². The van der Waals surface area contributed by atoms with Crippen LogP contribution in [0.4, 0.5) is 4.39 Å². The number of carbonyl (C=O) groups is 1. The summed E-state index contributed by atoms with van der Waals surface area (Å²) in [5, 5.41) is 3.87. The van der Waals surface area contributed by atoms with E-state index in [0.717, 1.165) is 51.7 Å². The molecular formula is C35H36FN3O2. The van der Waals surface area contributed by atoms with Gasteiger partial charge in [0, 0.05) is 46.6 Å². The number of carbonyl (C=O) groups excluding carboxylic acids is 1. The van der Waals surface area contributed by atoms with Crippen molar-refractivity contribution in [3.05, 3.63) is 117 Å². The standard InChI is InChI=1S/C35H36FN3O2/c1-6-10-26-17-22(4)38-35(41)31(26)20-37-34(40)29-19-30(28-15-16-39(21(2)3)33(28)23(29)5)27-14-13-25(18-32(27)36)24-11-8-7-9-12-24/h7-9,11-19,21H,6,10,20H2,1-5H3,(H,37,40)(H,38,41). The molecule has 1 amide bonds. The zero-order chi connectivity index (χ0) is 29.3. The van der Waals surface area contributed by atoms with Crippen molar-refractivity contribution in [3.63, 3.8) is 0 Å². The molecule has 210 valence electrons. The van der Waals surface area contributed by atoms with Crippen molar-refractivity contribution in [3.8, 4) is 22.3 Å². The van der Waals surface area contributed by atoms with Gasteiger partial charge in [-0.05, 0) is 86.2 Å². The molecule has 0 spiro atoms. The number of halogens is 1. The quantitative estimate of drug-likeness (QED) is 0.207. The molecular weight excluding hydrogens is 513 g/mol. The van der Waals surface area contributed by atoms with E-state index in [-0.39, 0.29) is 29.9 Å². The highest BCUT2D eigenvalue weighted by atomic mass is 19.1. The summed E-state index contributed by atoms with van der Waals surface area (Å²) in [5.41, 5.74) is 7.12. The Labute approximate surface area is 240 Å². The van der Waals surface area contributed by atoms with Gasteiger partial charge in [0.1, 0.15) is 5.82 Å². The van der Waals surface area contributed by atoms with Gasteiger partial charge >= 0.3 is 0 Å². The average Bonchev–Trinajstić information content (AvgIpc) is 3.40. The van der Waals surface area contributed by atoms with Crippen LogP contribution in [0, 0.1) is 19.7 Å². The number of amides is 1. The highest BCUT2D eigenvalue weighted by molar-refractivity contribution is 6.06. The minimum Gasteiger partial charge on any atom is -0.348 e. The smallest absolute Gasteiger partial charge is 0.253 e. The number of hydrogen-bond donors (Lipinski definition) is 2. The largest absolute Gasteiger partial charge is 0.348 e. The minimum absolute atomic E-state index is 0.113. The summed E-state index contributed by atoms with van der Waals surface area (Å²) in [6.07, 6.45) is 3.64. The Bertz CT molecular complexity index is 1800. The molecule has 2 heterocycles. The molecule has 0 atom stereocenters. The summed E-state index contributed by atoms with van der Waals surface area (Å²) < 4.78 is 17.9. The molecule has 0 unspecified atom stereocenters.